The van der Waals surface area contributed by atoms with Crippen molar-refractivity contribution in [1.82, 2.24) is 5.32 Å². The standard InChI is InChI=1S/C9H14N2O3/c1-4-14-9(13)7-5(2)10-6(3)11-8(7)12/h5,7H,4H2,1-3H3,(H,10,11,12). The van der Waals surface area contributed by atoms with E-state index in [1.54, 1.807) is 20.8 Å². The summed E-state index contributed by atoms with van der Waals surface area (Å²) in [5.41, 5.74) is 0. The number of esters is 1. The summed E-state index contributed by atoms with van der Waals surface area (Å²) in [6.45, 7) is 5.40. The molecule has 14 heavy (non-hydrogen) atoms. The summed E-state index contributed by atoms with van der Waals surface area (Å²) in [5.74, 6) is -1.10. The fraction of sp³-hybridized carbons (Fsp3) is 0.667. The maximum atomic E-state index is 11.4. The summed E-state index contributed by atoms with van der Waals surface area (Å²) < 4.78 is 4.79. The van der Waals surface area contributed by atoms with Gasteiger partial charge in [-0.05, 0) is 20.8 Å². The quantitative estimate of drug-likeness (QED) is 0.505. The Morgan fingerprint density at radius 2 is 2.29 bits per heavy atom. The zero-order valence-electron chi connectivity index (χ0n) is 8.53. The lowest BCUT2D eigenvalue weighted by molar-refractivity contribution is -0.152. The minimum absolute atomic E-state index is 0.276. The molecule has 1 aliphatic rings. The van der Waals surface area contributed by atoms with Crippen molar-refractivity contribution >= 4 is 17.7 Å². The molecule has 0 spiro atoms. The van der Waals surface area contributed by atoms with Crippen molar-refractivity contribution < 1.29 is 14.3 Å². The normalized spacial score (nSPS) is 26.5. The highest BCUT2D eigenvalue weighted by molar-refractivity contribution is 6.08. The first-order chi connectivity index (χ1) is 6.56. The summed E-state index contributed by atoms with van der Waals surface area (Å²) in [4.78, 5) is 26.9. The van der Waals surface area contributed by atoms with Crippen molar-refractivity contribution in [2.24, 2.45) is 10.9 Å². The third-order valence-corrected chi connectivity index (χ3v) is 2.01. The lowest BCUT2D eigenvalue weighted by atomic mass is 9.99. The van der Waals surface area contributed by atoms with Crippen molar-refractivity contribution in [3.63, 3.8) is 0 Å². The van der Waals surface area contributed by atoms with Gasteiger partial charge in [-0.25, -0.2) is 0 Å². The molecule has 0 radical (unpaired) electrons. The third-order valence-electron chi connectivity index (χ3n) is 2.01. The Bertz CT molecular complexity index is 286. The molecule has 0 saturated carbocycles. The number of amidine groups is 1. The molecule has 78 valence electrons. The predicted molar refractivity (Wildman–Crippen MR) is 50.8 cm³/mol. The Balaban J connectivity index is 2.78. The molecule has 1 aliphatic heterocycles. The molecule has 0 aromatic heterocycles. The number of carbonyl (C=O) groups excluding carboxylic acids is 2. The number of nitrogens with one attached hydrogen (secondary N) is 1. The van der Waals surface area contributed by atoms with Crippen LogP contribution in [0.5, 0.6) is 0 Å². The minimum atomic E-state index is -0.807. The van der Waals surface area contributed by atoms with E-state index in [1.165, 1.54) is 0 Å². The Morgan fingerprint density at radius 3 is 2.79 bits per heavy atom. The molecule has 1 amide bonds. The fourth-order valence-corrected chi connectivity index (χ4v) is 1.42. The van der Waals surface area contributed by atoms with Gasteiger partial charge < -0.3 is 10.1 Å². The fourth-order valence-electron chi connectivity index (χ4n) is 1.42. The first-order valence-corrected chi connectivity index (χ1v) is 4.58. The average molecular weight is 198 g/mol. The van der Waals surface area contributed by atoms with E-state index in [4.69, 9.17) is 4.74 Å². The Kier molecular flexibility index (Phi) is 3.22. The van der Waals surface area contributed by atoms with Gasteiger partial charge in [-0.1, -0.05) is 0 Å². The Morgan fingerprint density at radius 1 is 1.64 bits per heavy atom. The second-order valence-electron chi connectivity index (χ2n) is 3.17. The monoisotopic (exact) mass is 198 g/mol. The van der Waals surface area contributed by atoms with Crippen LogP contribution in [0.3, 0.4) is 0 Å². The van der Waals surface area contributed by atoms with Crippen LogP contribution in [-0.2, 0) is 14.3 Å². The topological polar surface area (TPSA) is 67.8 Å². The van der Waals surface area contributed by atoms with E-state index in [1.807, 2.05) is 0 Å². The molecule has 0 aromatic carbocycles. The minimum Gasteiger partial charge on any atom is -0.465 e. The van der Waals surface area contributed by atoms with E-state index in [9.17, 15) is 9.59 Å². The first-order valence-electron chi connectivity index (χ1n) is 4.58. The molecular formula is C9H14N2O3. The van der Waals surface area contributed by atoms with Crippen LogP contribution in [0.15, 0.2) is 4.99 Å². The molecule has 2 unspecified atom stereocenters. The number of ether oxygens (including phenoxy) is 1. The number of amides is 1. The molecule has 0 fully saturated rings. The molecular weight excluding hydrogens is 184 g/mol. The van der Waals surface area contributed by atoms with Gasteiger partial charge >= 0.3 is 5.97 Å². The van der Waals surface area contributed by atoms with Gasteiger partial charge in [0.15, 0.2) is 5.92 Å². The van der Waals surface area contributed by atoms with E-state index in [2.05, 4.69) is 10.3 Å². The van der Waals surface area contributed by atoms with Crippen LogP contribution >= 0.6 is 0 Å². The second-order valence-corrected chi connectivity index (χ2v) is 3.17. The molecule has 2 atom stereocenters. The van der Waals surface area contributed by atoms with Crippen LogP contribution in [-0.4, -0.2) is 30.4 Å². The summed E-state index contributed by atoms with van der Waals surface area (Å²) in [6, 6.07) is -0.345. The molecule has 0 saturated heterocycles. The van der Waals surface area contributed by atoms with Crippen LogP contribution in [0, 0.1) is 5.92 Å². The van der Waals surface area contributed by atoms with Gasteiger partial charge in [0.05, 0.1) is 12.6 Å². The van der Waals surface area contributed by atoms with E-state index >= 15 is 0 Å². The highest BCUT2D eigenvalue weighted by Crippen LogP contribution is 2.14. The molecule has 5 nitrogen and oxygen atoms in total. The second kappa shape index (κ2) is 4.21. The van der Waals surface area contributed by atoms with Crippen LogP contribution < -0.4 is 5.32 Å². The average Bonchev–Trinajstić information content (AvgIpc) is 2.01. The van der Waals surface area contributed by atoms with Gasteiger partial charge in [-0.2, -0.15) is 0 Å². The Labute approximate surface area is 82.5 Å². The van der Waals surface area contributed by atoms with Crippen molar-refractivity contribution in [2.45, 2.75) is 26.8 Å². The number of nitrogens with zero attached hydrogens (tertiary/aromatic N) is 1. The lowest BCUT2D eigenvalue weighted by Gasteiger charge is -2.23. The first kappa shape index (κ1) is 10.7. The maximum Gasteiger partial charge on any atom is 0.320 e. The number of rotatable bonds is 2. The largest absolute Gasteiger partial charge is 0.465 e. The van der Waals surface area contributed by atoms with Crippen LogP contribution in [0.4, 0.5) is 0 Å². The molecule has 0 aliphatic carbocycles. The zero-order chi connectivity index (χ0) is 10.7. The van der Waals surface area contributed by atoms with Crippen molar-refractivity contribution in [1.29, 1.82) is 0 Å². The summed E-state index contributed by atoms with van der Waals surface area (Å²) in [6.07, 6.45) is 0. The van der Waals surface area contributed by atoms with Crippen LogP contribution in [0.25, 0.3) is 0 Å². The summed E-state index contributed by atoms with van der Waals surface area (Å²) in [5, 5.41) is 2.51. The molecule has 0 bridgehead atoms. The number of hydrogen-bond acceptors (Lipinski definition) is 4. The van der Waals surface area contributed by atoms with Crippen molar-refractivity contribution in [3.8, 4) is 0 Å². The number of carbonyl (C=O) groups is 2. The van der Waals surface area contributed by atoms with Gasteiger partial charge in [0.2, 0.25) is 5.91 Å². The predicted octanol–water partition coefficient (Wildman–Crippen LogP) is 0.102. The third kappa shape index (κ3) is 2.10. The summed E-state index contributed by atoms with van der Waals surface area (Å²) in [7, 11) is 0. The molecule has 0 aromatic rings. The smallest absolute Gasteiger partial charge is 0.320 e. The lowest BCUT2D eigenvalue weighted by Crippen LogP contribution is -2.47. The van der Waals surface area contributed by atoms with Gasteiger partial charge in [-0.3, -0.25) is 14.6 Å². The Hall–Kier alpha value is -1.39. The number of aliphatic imine (C=N–C) groups is 1. The highest BCUT2D eigenvalue weighted by Gasteiger charge is 2.36. The summed E-state index contributed by atoms with van der Waals surface area (Å²) >= 11 is 0. The highest BCUT2D eigenvalue weighted by atomic mass is 16.5. The molecule has 1 rings (SSSR count). The zero-order valence-corrected chi connectivity index (χ0v) is 8.53. The van der Waals surface area contributed by atoms with E-state index in [0.717, 1.165) is 0 Å². The van der Waals surface area contributed by atoms with Crippen molar-refractivity contribution in [2.75, 3.05) is 6.61 Å². The SMILES string of the molecule is CCOC(=O)C1C(=O)NC(C)=NC1C. The molecule has 5 heteroatoms. The van der Waals surface area contributed by atoms with Gasteiger partial charge in [0.25, 0.3) is 0 Å². The van der Waals surface area contributed by atoms with Gasteiger partial charge in [0, 0.05) is 0 Å². The maximum absolute atomic E-state index is 11.4. The molecule has 1 N–H and O–H groups in total. The van der Waals surface area contributed by atoms with Gasteiger partial charge in [-0.15, -0.1) is 0 Å². The van der Waals surface area contributed by atoms with Crippen LogP contribution in [0.1, 0.15) is 20.8 Å². The van der Waals surface area contributed by atoms with Gasteiger partial charge in [0.1, 0.15) is 5.84 Å². The van der Waals surface area contributed by atoms with E-state index < -0.39 is 11.9 Å². The van der Waals surface area contributed by atoms with Crippen molar-refractivity contribution in [3.05, 3.63) is 0 Å². The number of hydrogen-bond donors (Lipinski definition) is 1. The van der Waals surface area contributed by atoms with E-state index in [-0.39, 0.29) is 18.6 Å². The molecule has 1 heterocycles. The van der Waals surface area contributed by atoms with E-state index in [0.29, 0.717) is 5.84 Å². The van der Waals surface area contributed by atoms with Crippen LogP contribution in [0.2, 0.25) is 0 Å².